The van der Waals surface area contributed by atoms with E-state index in [2.05, 4.69) is 6.92 Å². The van der Waals surface area contributed by atoms with Crippen molar-refractivity contribution in [1.29, 1.82) is 0 Å². The summed E-state index contributed by atoms with van der Waals surface area (Å²) >= 11 is 0. The zero-order valence-corrected chi connectivity index (χ0v) is 12.2. The van der Waals surface area contributed by atoms with Crippen LogP contribution in [-0.2, 0) is 14.3 Å². The van der Waals surface area contributed by atoms with Crippen molar-refractivity contribution < 1.29 is 19.4 Å². The molecule has 0 bridgehead atoms. The Morgan fingerprint density at radius 2 is 1.95 bits per heavy atom. The number of carboxylic acid groups (broad SMARTS) is 1. The predicted molar refractivity (Wildman–Crippen MR) is 74.3 cm³/mol. The first kappa shape index (κ1) is 15.3. The molecule has 2 rings (SSSR count). The number of ether oxygens (including phenoxy) is 1. The molecule has 1 heterocycles. The second-order valence-electron chi connectivity index (χ2n) is 5.98. The monoisotopic (exact) mass is 283 g/mol. The van der Waals surface area contributed by atoms with Crippen molar-refractivity contribution >= 4 is 11.9 Å². The fraction of sp³-hybridized carbons (Fsp3) is 0.867. The third kappa shape index (κ3) is 3.72. The normalized spacial score (nSPS) is 31.1. The van der Waals surface area contributed by atoms with Crippen LogP contribution in [0.2, 0.25) is 0 Å². The van der Waals surface area contributed by atoms with Crippen LogP contribution >= 0.6 is 0 Å². The summed E-state index contributed by atoms with van der Waals surface area (Å²) in [6.07, 6.45) is 5.33. The molecule has 1 saturated carbocycles. The number of hydrogen-bond donors (Lipinski definition) is 1. The highest BCUT2D eigenvalue weighted by atomic mass is 16.5. The van der Waals surface area contributed by atoms with Gasteiger partial charge < -0.3 is 14.7 Å². The molecule has 1 saturated heterocycles. The molecule has 1 atom stereocenters. The highest BCUT2D eigenvalue weighted by Crippen LogP contribution is 2.32. The van der Waals surface area contributed by atoms with Gasteiger partial charge in [0.05, 0.1) is 25.7 Å². The molecule has 2 aliphatic rings. The van der Waals surface area contributed by atoms with Gasteiger partial charge in [0.25, 0.3) is 0 Å². The number of carbonyl (C=O) groups is 2. The van der Waals surface area contributed by atoms with Crippen molar-refractivity contribution in [2.45, 2.75) is 51.5 Å². The third-order valence-corrected chi connectivity index (χ3v) is 4.69. The Kier molecular flexibility index (Phi) is 5.40. The van der Waals surface area contributed by atoms with Gasteiger partial charge in [-0.15, -0.1) is 0 Å². The van der Waals surface area contributed by atoms with Gasteiger partial charge in [-0.3, -0.25) is 9.59 Å². The lowest BCUT2D eigenvalue weighted by Gasteiger charge is -2.38. The van der Waals surface area contributed by atoms with Gasteiger partial charge in [0.1, 0.15) is 0 Å². The third-order valence-electron chi connectivity index (χ3n) is 4.69. The Morgan fingerprint density at radius 1 is 1.25 bits per heavy atom. The number of nitrogens with zero attached hydrogens (tertiary/aromatic N) is 1. The van der Waals surface area contributed by atoms with Crippen molar-refractivity contribution in [3.8, 4) is 0 Å². The first-order valence-corrected chi connectivity index (χ1v) is 7.71. The zero-order chi connectivity index (χ0) is 14.5. The number of amides is 1. The number of morpholine rings is 1. The predicted octanol–water partition coefficient (Wildman–Crippen LogP) is 1.90. The van der Waals surface area contributed by atoms with E-state index in [-0.39, 0.29) is 24.3 Å². The summed E-state index contributed by atoms with van der Waals surface area (Å²) in [5.41, 5.74) is 0. The first-order chi connectivity index (χ1) is 9.61. The van der Waals surface area contributed by atoms with E-state index in [0.29, 0.717) is 19.8 Å². The molecular formula is C15H25NO4. The van der Waals surface area contributed by atoms with E-state index in [4.69, 9.17) is 9.84 Å². The zero-order valence-electron chi connectivity index (χ0n) is 12.2. The maximum absolute atomic E-state index is 12.6. The molecule has 0 aromatic heterocycles. The minimum absolute atomic E-state index is 0.0178. The number of carbonyl (C=O) groups excluding carboxylic acids is 1. The Hall–Kier alpha value is -1.10. The molecule has 0 aromatic carbocycles. The van der Waals surface area contributed by atoms with E-state index in [1.54, 1.807) is 4.90 Å². The summed E-state index contributed by atoms with van der Waals surface area (Å²) in [6.45, 7) is 3.61. The quantitative estimate of drug-likeness (QED) is 0.855. The standard InChI is InChI=1S/C15H25NO4/c1-2-11-3-5-12(6-4-11)15(19)16-7-8-20-10-13(16)9-14(17)18/h11-13H,2-10H2,1H3,(H,17,18). The van der Waals surface area contributed by atoms with E-state index >= 15 is 0 Å². The van der Waals surface area contributed by atoms with E-state index < -0.39 is 5.97 Å². The van der Waals surface area contributed by atoms with Crippen LogP contribution in [0.15, 0.2) is 0 Å². The van der Waals surface area contributed by atoms with Crippen molar-refractivity contribution in [2.24, 2.45) is 11.8 Å². The maximum atomic E-state index is 12.6. The van der Waals surface area contributed by atoms with Crippen molar-refractivity contribution in [1.82, 2.24) is 4.90 Å². The Labute approximate surface area is 120 Å². The number of carboxylic acids is 1. The minimum Gasteiger partial charge on any atom is -0.481 e. The van der Waals surface area contributed by atoms with Gasteiger partial charge in [0, 0.05) is 12.5 Å². The Bertz CT molecular complexity index is 350. The average molecular weight is 283 g/mol. The summed E-state index contributed by atoms with van der Waals surface area (Å²) < 4.78 is 5.33. The molecule has 5 heteroatoms. The van der Waals surface area contributed by atoms with Crippen LogP contribution in [0, 0.1) is 11.8 Å². The number of rotatable bonds is 4. The van der Waals surface area contributed by atoms with Gasteiger partial charge in [-0.05, 0) is 31.6 Å². The molecule has 1 aliphatic carbocycles. The van der Waals surface area contributed by atoms with E-state index in [9.17, 15) is 9.59 Å². The van der Waals surface area contributed by atoms with Crippen LogP contribution in [0.3, 0.4) is 0 Å². The van der Waals surface area contributed by atoms with E-state index in [0.717, 1.165) is 31.6 Å². The van der Waals surface area contributed by atoms with E-state index in [1.165, 1.54) is 6.42 Å². The van der Waals surface area contributed by atoms with E-state index in [1.807, 2.05) is 0 Å². The second kappa shape index (κ2) is 7.07. The highest BCUT2D eigenvalue weighted by molar-refractivity contribution is 5.80. The Balaban J connectivity index is 1.94. The van der Waals surface area contributed by atoms with Crippen LogP contribution in [0.5, 0.6) is 0 Å². The van der Waals surface area contributed by atoms with Crippen LogP contribution in [-0.4, -0.2) is 47.7 Å². The second-order valence-corrected chi connectivity index (χ2v) is 5.98. The van der Waals surface area contributed by atoms with Crippen LogP contribution in [0.1, 0.15) is 45.4 Å². The van der Waals surface area contributed by atoms with Crippen LogP contribution in [0.4, 0.5) is 0 Å². The number of aliphatic carboxylic acids is 1. The molecule has 5 nitrogen and oxygen atoms in total. The fourth-order valence-electron chi connectivity index (χ4n) is 3.37. The highest BCUT2D eigenvalue weighted by Gasteiger charge is 2.34. The van der Waals surface area contributed by atoms with Crippen LogP contribution < -0.4 is 0 Å². The lowest BCUT2D eigenvalue weighted by molar-refractivity contribution is -0.150. The summed E-state index contributed by atoms with van der Waals surface area (Å²) in [5.74, 6) is 0.132. The summed E-state index contributed by atoms with van der Waals surface area (Å²) in [4.78, 5) is 25.3. The molecule has 20 heavy (non-hydrogen) atoms. The van der Waals surface area contributed by atoms with Gasteiger partial charge in [0.15, 0.2) is 0 Å². The molecule has 114 valence electrons. The van der Waals surface area contributed by atoms with Crippen LogP contribution in [0.25, 0.3) is 0 Å². The largest absolute Gasteiger partial charge is 0.481 e. The van der Waals surface area contributed by atoms with Crippen molar-refractivity contribution in [3.05, 3.63) is 0 Å². The molecule has 0 radical (unpaired) electrons. The SMILES string of the molecule is CCC1CCC(C(=O)N2CCOCC2CC(=O)O)CC1. The smallest absolute Gasteiger partial charge is 0.305 e. The van der Waals surface area contributed by atoms with Crippen molar-refractivity contribution in [2.75, 3.05) is 19.8 Å². The Morgan fingerprint density at radius 3 is 2.55 bits per heavy atom. The molecule has 1 unspecified atom stereocenters. The maximum Gasteiger partial charge on any atom is 0.305 e. The summed E-state index contributed by atoms with van der Waals surface area (Å²) in [5, 5.41) is 8.95. The van der Waals surface area contributed by atoms with Gasteiger partial charge >= 0.3 is 5.97 Å². The van der Waals surface area contributed by atoms with Crippen molar-refractivity contribution in [3.63, 3.8) is 0 Å². The lowest BCUT2D eigenvalue weighted by Crippen LogP contribution is -2.51. The summed E-state index contributed by atoms with van der Waals surface area (Å²) in [7, 11) is 0. The van der Waals surface area contributed by atoms with Gasteiger partial charge in [-0.1, -0.05) is 13.3 Å². The molecule has 0 spiro atoms. The molecule has 2 fully saturated rings. The molecule has 1 N–H and O–H groups in total. The number of hydrogen-bond acceptors (Lipinski definition) is 3. The lowest BCUT2D eigenvalue weighted by atomic mass is 9.80. The molecule has 1 aliphatic heterocycles. The van der Waals surface area contributed by atoms with Gasteiger partial charge in [0.2, 0.25) is 5.91 Å². The minimum atomic E-state index is -0.868. The van der Waals surface area contributed by atoms with Gasteiger partial charge in [-0.25, -0.2) is 0 Å². The van der Waals surface area contributed by atoms with Gasteiger partial charge in [-0.2, -0.15) is 0 Å². The molecular weight excluding hydrogens is 258 g/mol. The fourth-order valence-corrected chi connectivity index (χ4v) is 3.37. The topological polar surface area (TPSA) is 66.8 Å². The average Bonchev–Trinajstić information content (AvgIpc) is 2.46. The molecule has 0 aromatic rings. The summed E-state index contributed by atoms with van der Waals surface area (Å²) in [6, 6.07) is -0.294. The molecule has 1 amide bonds. The first-order valence-electron chi connectivity index (χ1n) is 7.71.